The van der Waals surface area contributed by atoms with Crippen molar-refractivity contribution >= 4 is 16.0 Å². The Morgan fingerprint density at radius 3 is 2.35 bits per heavy atom. The summed E-state index contributed by atoms with van der Waals surface area (Å²) >= 11 is 0. The molecule has 2 rings (SSSR count). The summed E-state index contributed by atoms with van der Waals surface area (Å²) in [4.78, 5) is 11.7. The number of halogens is 1. The molecule has 0 radical (unpaired) electrons. The van der Waals surface area contributed by atoms with Crippen molar-refractivity contribution in [3.63, 3.8) is 0 Å². The number of esters is 1. The second kappa shape index (κ2) is 7.34. The highest BCUT2D eigenvalue weighted by Crippen LogP contribution is 2.11. The fourth-order valence-electron chi connectivity index (χ4n) is 1.82. The van der Waals surface area contributed by atoms with Crippen LogP contribution in [0, 0.1) is 5.82 Å². The molecular formula is C16H16FNO4S. The van der Waals surface area contributed by atoms with Crippen LogP contribution in [-0.2, 0) is 26.2 Å². The molecule has 2 aromatic carbocycles. The van der Waals surface area contributed by atoms with Crippen LogP contribution in [0.5, 0.6) is 0 Å². The fraction of sp³-hybridized carbons (Fsp3) is 0.188. The molecule has 0 bridgehead atoms. The molecule has 5 nitrogen and oxygen atoms in total. The van der Waals surface area contributed by atoms with Crippen molar-refractivity contribution in [2.45, 2.75) is 24.5 Å². The lowest BCUT2D eigenvalue weighted by molar-refractivity contribution is -0.146. The molecule has 2 aromatic rings. The van der Waals surface area contributed by atoms with Gasteiger partial charge in [-0.15, -0.1) is 0 Å². The Kier molecular flexibility index (Phi) is 5.46. The smallest absolute Gasteiger partial charge is 0.324 e. The van der Waals surface area contributed by atoms with Gasteiger partial charge in [-0.1, -0.05) is 30.3 Å². The topological polar surface area (TPSA) is 72.5 Å². The highest BCUT2D eigenvalue weighted by molar-refractivity contribution is 7.89. The van der Waals surface area contributed by atoms with Crippen LogP contribution in [0.3, 0.4) is 0 Å². The van der Waals surface area contributed by atoms with Gasteiger partial charge in [0.15, 0.2) is 0 Å². The minimum atomic E-state index is -3.92. The number of nitrogens with one attached hydrogen (secondary N) is 1. The van der Waals surface area contributed by atoms with E-state index in [-0.39, 0.29) is 11.5 Å². The summed E-state index contributed by atoms with van der Waals surface area (Å²) < 4.78 is 44.3. The molecule has 0 fully saturated rings. The Balaban J connectivity index is 1.96. The highest BCUT2D eigenvalue weighted by atomic mass is 32.2. The Bertz CT molecular complexity index is 760. The Morgan fingerprint density at radius 2 is 1.74 bits per heavy atom. The second-order valence-electron chi connectivity index (χ2n) is 4.89. The zero-order chi connectivity index (χ0) is 16.9. The number of benzene rings is 2. The van der Waals surface area contributed by atoms with Crippen LogP contribution in [0.15, 0.2) is 59.5 Å². The minimum absolute atomic E-state index is 0.0578. The molecular weight excluding hydrogens is 321 g/mol. The Hall–Kier alpha value is -2.25. The van der Waals surface area contributed by atoms with Crippen LogP contribution in [-0.4, -0.2) is 20.4 Å². The van der Waals surface area contributed by atoms with E-state index in [2.05, 4.69) is 4.72 Å². The molecule has 0 aliphatic carbocycles. The van der Waals surface area contributed by atoms with Crippen molar-refractivity contribution in [2.75, 3.05) is 0 Å². The first-order valence-corrected chi connectivity index (χ1v) is 8.35. The molecule has 7 heteroatoms. The summed E-state index contributed by atoms with van der Waals surface area (Å²) in [6.07, 6.45) is 0. The van der Waals surface area contributed by atoms with Gasteiger partial charge in [0.2, 0.25) is 10.0 Å². The van der Waals surface area contributed by atoms with Gasteiger partial charge in [0.25, 0.3) is 0 Å². The predicted octanol–water partition coefficient (Wildman–Crippen LogP) is 2.24. The van der Waals surface area contributed by atoms with E-state index in [1.807, 2.05) is 18.2 Å². The first kappa shape index (κ1) is 17.1. The first-order chi connectivity index (χ1) is 10.9. The molecule has 0 heterocycles. The molecule has 0 aliphatic rings. The van der Waals surface area contributed by atoms with E-state index >= 15 is 0 Å². The first-order valence-electron chi connectivity index (χ1n) is 6.87. The quantitative estimate of drug-likeness (QED) is 0.821. The maximum atomic E-state index is 12.8. The molecule has 0 saturated carbocycles. The van der Waals surface area contributed by atoms with E-state index in [1.165, 1.54) is 6.92 Å². The standard InChI is InChI=1S/C16H16FNO4S/c1-12(16(19)22-11-13-5-3-2-4-6-13)18-23(20,21)15-9-7-14(17)8-10-15/h2-10,12,18H,11H2,1H3/t12-/m0/s1. The Labute approximate surface area is 134 Å². The van der Waals surface area contributed by atoms with Gasteiger partial charge < -0.3 is 4.74 Å². The van der Waals surface area contributed by atoms with E-state index < -0.39 is 27.9 Å². The number of hydrogen-bond acceptors (Lipinski definition) is 4. The average molecular weight is 337 g/mol. The normalized spacial score (nSPS) is 12.6. The lowest BCUT2D eigenvalue weighted by Gasteiger charge is -2.14. The summed E-state index contributed by atoms with van der Waals surface area (Å²) in [6.45, 7) is 1.44. The van der Waals surface area contributed by atoms with Crippen molar-refractivity contribution in [3.8, 4) is 0 Å². The summed E-state index contributed by atoms with van der Waals surface area (Å²) in [5.41, 5.74) is 0.800. The van der Waals surface area contributed by atoms with Crippen molar-refractivity contribution in [1.29, 1.82) is 0 Å². The van der Waals surface area contributed by atoms with Crippen LogP contribution >= 0.6 is 0 Å². The van der Waals surface area contributed by atoms with Gasteiger partial charge in [-0.25, -0.2) is 12.8 Å². The zero-order valence-corrected chi connectivity index (χ0v) is 13.2. The van der Waals surface area contributed by atoms with Gasteiger partial charge in [0.05, 0.1) is 4.90 Å². The maximum absolute atomic E-state index is 12.8. The van der Waals surface area contributed by atoms with Crippen molar-refractivity contribution < 1.29 is 22.3 Å². The third-order valence-electron chi connectivity index (χ3n) is 3.03. The van der Waals surface area contributed by atoms with Crippen LogP contribution in [0.2, 0.25) is 0 Å². The molecule has 0 unspecified atom stereocenters. The number of ether oxygens (including phenoxy) is 1. The summed E-state index contributed by atoms with van der Waals surface area (Å²) in [5, 5.41) is 0. The molecule has 0 aromatic heterocycles. The molecule has 0 saturated heterocycles. The van der Waals surface area contributed by atoms with Crippen LogP contribution in [0.4, 0.5) is 4.39 Å². The molecule has 0 amide bonds. The Morgan fingerprint density at radius 1 is 1.13 bits per heavy atom. The van der Waals surface area contributed by atoms with Gasteiger partial charge in [-0.2, -0.15) is 4.72 Å². The number of rotatable bonds is 6. The van der Waals surface area contributed by atoms with Gasteiger partial charge in [-0.05, 0) is 36.8 Å². The fourth-order valence-corrected chi connectivity index (χ4v) is 3.01. The summed E-state index contributed by atoms with van der Waals surface area (Å²) in [7, 11) is -3.92. The van der Waals surface area contributed by atoms with E-state index in [0.717, 1.165) is 29.8 Å². The van der Waals surface area contributed by atoms with Crippen molar-refractivity contribution in [2.24, 2.45) is 0 Å². The SMILES string of the molecule is C[C@H](NS(=O)(=O)c1ccc(F)cc1)C(=O)OCc1ccccc1. The molecule has 0 aliphatic heterocycles. The molecule has 0 spiro atoms. The minimum Gasteiger partial charge on any atom is -0.460 e. The van der Waals surface area contributed by atoms with Crippen LogP contribution in [0.1, 0.15) is 12.5 Å². The largest absolute Gasteiger partial charge is 0.460 e. The van der Waals surface area contributed by atoms with E-state index in [4.69, 9.17) is 4.74 Å². The molecule has 1 atom stereocenters. The zero-order valence-electron chi connectivity index (χ0n) is 12.4. The molecule has 23 heavy (non-hydrogen) atoms. The average Bonchev–Trinajstić information content (AvgIpc) is 2.53. The molecule has 1 N–H and O–H groups in total. The van der Waals surface area contributed by atoms with E-state index in [0.29, 0.717) is 0 Å². The highest BCUT2D eigenvalue weighted by Gasteiger charge is 2.23. The maximum Gasteiger partial charge on any atom is 0.324 e. The number of carbonyl (C=O) groups is 1. The predicted molar refractivity (Wildman–Crippen MR) is 82.4 cm³/mol. The monoisotopic (exact) mass is 337 g/mol. The third kappa shape index (κ3) is 4.87. The van der Waals surface area contributed by atoms with Crippen LogP contribution < -0.4 is 4.72 Å². The van der Waals surface area contributed by atoms with Gasteiger partial charge in [-0.3, -0.25) is 4.79 Å². The van der Waals surface area contributed by atoms with Gasteiger partial charge in [0, 0.05) is 0 Å². The van der Waals surface area contributed by atoms with E-state index in [1.54, 1.807) is 12.1 Å². The summed E-state index contributed by atoms with van der Waals surface area (Å²) in [5.74, 6) is -1.24. The lowest BCUT2D eigenvalue weighted by Crippen LogP contribution is -2.39. The van der Waals surface area contributed by atoms with E-state index in [9.17, 15) is 17.6 Å². The number of hydrogen-bond donors (Lipinski definition) is 1. The summed E-state index contributed by atoms with van der Waals surface area (Å²) in [6, 6.07) is 12.3. The lowest BCUT2D eigenvalue weighted by atomic mass is 10.2. The molecule has 122 valence electrons. The number of sulfonamides is 1. The van der Waals surface area contributed by atoms with Crippen molar-refractivity contribution in [1.82, 2.24) is 4.72 Å². The van der Waals surface area contributed by atoms with Gasteiger partial charge >= 0.3 is 5.97 Å². The number of carbonyl (C=O) groups excluding carboxylic acids is 1. The third-order valence-corrected chi connectivity index (χ3v) is 4.59. The van der Waals surface area contributed by atoms with Crippen molar-refractivity contribution in [3.05, 3.63) is 66.0 Å². The van der Waals surface area contributed by atoms with Gasteiger partial charge in [0.1, 0.15) is 18.5 Å². The second-order valence-corrected chi connectivity index (χ2v) is 6.60. The van der Waals surface area contributed by atoms with Crippen LogP contribution in [0.25, 0.3) is 0 Å².